The van der Waals surface area contributed by atoms with Gasteiger partial charge in [-0.25, -0.2) is 0 Å². The molecule has 7 heteroatoms. The second kappa shape index (κ2) is 7.02. The Labute approximate surface area is 148 Å². The first-order valence-corrected chi connectivity index (χ1v) is 7.94. The van der Waals surface area contributed by atoms with Gasteiger partial charge in [-0.15, -0.1) is 0 Å². The summed E-state index contributed by atoms with van der Waals surface area (Å²) in [7, 11) is 0. The van der Waals surface area contributed by atoms with Crippen molar-refractivity contribution in [3.8, 4) is 22.6 Å². The largest absolute Gasteiger partial charge is 0.472 e. The molecule has 4 rings (SSSR count). The lowest BCUT2D eigenvalue weighted by Gasteiger charge is -2.06. The Morgan fingerprint density at radius 2 is 1.88 bits per heavy atom. The zero-order chi connectivity index (χ0) is 17.8. The predicted octanol–water partition coefficient (Wildman–Crippen LogP) is 3.32. The van der Waals surface area contributed by atoms with Gasteiger partial charge in [0, 0.05) is 29.6 Å². The maximum atomic E-state index is 12.4. The number of furan rings is 1. The topological polar surface area (TPSA) is 94.1 Å². The van der Waals surface area contributed by atoms with Crippen molar-refractivity contribution < 1.29 is 13.7 Å². The van der Waals surface area contributed by atoms with E-state index in [0.717, 1.165) is 11.1 Å². The summed E-state index contributed by atoms with van der Waals surface area (Å²) < 4.78 is 10.3. The lowest BCUT2D eigenvalue weighted by atomic mass is 10.1. The number of rotatable bonds is 5. The minimum absolute atomic E-state index is 0.206. The predicted molar refractivity (Wildman–Crippen MR) is 92.8 cm³/mol. The molecule has 26 heavy (non-hydrogen) atoms. The fourth-order valence-electron chi connectivity index (χ4n) is 2.51. The minimum Gasteiger partial charge on any atom is -0.472 e. The maximum absolute atomic E-state index is 12.4. The Morgan fingerprint density at radius 3 is 2.69 bits per heavy atom. The van der Waals surface area contributed by atoms with Gasteiger partial charge < -0.3 is 14.3 Å². The Kier molecular flexibility index (Phi) is 4.26. The summed E-state index contributed by atoms with van der Waals surface area (Å²) in [6.07, 6.45) is 6.32. The van der Waals surface area contributed by atoms with Crippen LogP contribution in [0.15, 0.2) is 76.3 Å². The third kappa shape index (κ3) is 3.23. The molecule has 0 atom stereocenters. The highest BCUT2D eigenvalue weighted by Gasteiger charge is 2.15. The van der Waals surface area contributed by atoms with Crippen LogP contribution in [0.5, 0.6) is 0 Å². The number of hydrogen-bond acceptors (Lipinski definition) is 6. The molecule has 4 aromatic rings. The highest BCUT2D eigenvalue weighted by Crippen LogP contribution is 2.21. The van der Waals surface area contributed by atoms with E-state index >= 15 is 0 Å². The third-order valence-electron chi connectivity index (χ3n) is 3.79. The van der Waals surface area contributed by atoms with Gasteiger partial charge in [-0.3, -0.25) is 14.8 Å². The summed E-state index contributed by atoms with van der Waals surface area (Å²) in [6, 6.07) is 12.9. The van der Waals surface area contributed by atoms with Crippen LogP contribution in [0.2, 0.25) is 0 Å². The van der Waals surface area contributed by atoms with E-state index in [2.05, 4.69) is 20.4 Å². The van der Waals surface area contributed by atoms with Gasteiger partial charge in [-0.2, -0.15) is 0 Å². The minimum atomic E-state index is -0.347. The van der Waals surface area contributed by atoms with Crippen molar-refractivity contribution in [1.82, 2.24) is 20.4 Å². The first-order valence-electron chi connectivity index (χ1n) is 7.94. The fourth-order valence-corrected chi connectivity index (χ4v) is 2.51. The molecule has 0 radical (unpaired) electrons. The van der Waals surface area contributed by atoms with E-state index in [9.17, 15) is 4.79 Å². The van der Waals surface area contributed by atoms with Crippen molar-refractivity contribution in [3.63, 3.8) is 0 Å². The first kappa shape index (κ1) is 15.8. The smallest absolute Gasteiger partial charge is 0.273 e. The molecule has 0 aliphatic carbocycles. The third-order valence-corrected chi connectivity index (χ3v) is 3.79. The Bertz CT molecular complexity index is 1010. The standard InChI is InChI=1S/C19H14N4O3/c24-19(15-10-17(26-23-15)13-4-2-1-3-5-13)22-11-16-18(21-8-7-20-16)14-6-9-25-12-14/h1-10,12H,11H2,(H,22,24). The summed E-state index contributed by atoms with van der Waals surface area (Å²) in [6.45, 7) is 0.209. The molecule has 3 heterocycles. The summed E-state index contributed by atoms with van der Waals surface area (Å²) >= 11 is 0. The zero-order valence-electron chi connectivity index (χ0n) is 13.6. The van der Waals surface area contributed by atoms with Crippen LogP contribution in [-0.2, 0) is 6.54 Å². The summed E-state index contributed by atoms with van der Waals surface area (Å²) in [4.78, 5) is 21.0. The molecule has 3 aromatic heterocycles. The van der Waals surface area contributed by atoms with E-state index in [1.807, 2.05) is 30.3 Å². The van der Waals surface area contributed by atoms with Gasteiger partial charge >= 0.3 is 0 Å². The number of benzene rings is 1. The van der Waals surface area contributed by atoms with E-state index < -0.39 is 0 Å². The SMILES string of the molecule is O=C(NCc1nccnc1-c1ccoc1)c1cc(-c2ccccc2)on1. The van der Waals surface area contributed by atoms with Gasteiger partial charge in [-0.05, 0) is 6.07 Å². The molecule has 0 saturated carbocycles. The molecule has 0 aliphatic heterocycles. The number of carbonyl (C=O) groups excluding carboxylic acids is 1. The first-order chi connectivity index (χ1) is 12.8. The molecule has 7 nitrogen and oxygen atoms in total. The number of nitrogens with one attached hydrogen (secondary N) is 1. The molecule has 0 fully saturated rings. The Balaban J connectivity index is 1.48. The lowest BCUT2D eigenvalue weighted by Crippen LogP contribution is -2.24. The van der Waals surface area contributed by atoms with Crippen molar-refractivity contribution in [2.45, 2.75) is 6.54 Å². The van der Waals surface area contributed by atoms with Crippen LogP contribution in [-0.4, -0.2) is 21.0 Å². The van der Waals surface area contributed by atoms with E-state index in [-0.39, 0.29) is 18.1 Å². The molecule has 1 amide bonds. The molecule has 0 unspecified atom stereocenters. The second-order valence-corrected chi connectivity index (χ2v) is 5.49. The van der Waals surface area contributed by atoms with Gasteiger partial charge in [0.1, 0.15) is 0 Å². The highest BCUT2D eigenvalue weighted by molar-refractivity contribution is 5.93. The summed E-state index contributed by atoms with van der Waals surface area (Å²) in [5.74, 6) is 0.189. The van der Waals surface area contributed by atoms with Crippen LogP contribution in [0.25, 0.3) is 22.6 Å². The number of hydrogen-bond donors (Lipinski definition) is 1. The summed E-state index contributed by atoms with van der Waals surface area (Å²) in [5.41, 5.74) is 3.16. The number of aromatic nitrogens is 3. The Morgan fingerprint density at radius 1 is 1.04 bits per heavy atom. The van der Waals surface area contributed by atoms with Gasteiger partial charge in [0.15, 0.2) is 11.5 Å². The van der Waals surface area contributed by atoms with Crippen molar-refractivity contribution in [1.29, 1.82) is 0 Å². The van der Waals surface area contributed by atoms with E-state index in [0.29, 0.717) is 17.1 Å². The molecule has 0 aliphatic rings. The molecule has 1 N–H and O–H groups in total. The molecule has 1 aromatic carbocycles. The lowest BCUT2D eigenvalue weighted by molar-refractivity contribution is 0.0941. The molecular weight excluding hydrogens is 332 g/mol. The second-order valence-electron chi connectivity index (χ2n) is 5.49. The van der Waals surface area contributed by atoms with Crippen LogP contribution in [0.1, 0.15) is 16.2 Å². The van der Waals surface area contributed by atoms with Crippen LogP contribution in [0.3, 0.4) is 0 Å². The molecule has 128 valence electrons. The number of carbonyl (C=O) groups is 1. The van der Waals surface area contributed by atoms with Gasteiger partial charge in [-0.1, -0.05) is 35.5 Å². The van der Waals surface area contributed by atoms with Crippen molar-refractivity contribution >= 4 is 5.91 Å². The van der Waals surface area contributed by atoms with Crippen molar-refractivity contribution in [3.05, 3.63) is 78.8 Å². The average Bonchev–Trinajstić information content (AvgIpc) is 3.39. The van der Waals surface area contributed by atoms with Gasteiger partial charge in [0.25, 0.3) is 5.91 Å². The van der Waals surface area contributed by atoms with Crippen molar-refractivity contribution in [2.75, 3.05) is 0 Å². The molecule has 0 spiro atoms. The average molecular weight is 346 g/mol. The maximum Gasteiger partial charge on any atom is 0.273 e. The molecular formula is C19H14N4O3. The monoisotopic (exact) mass is 346 g/mol. The van der Waals surface area contributed by atoms with Crippen LogP contribution in [0.4, 0.5) is 0 Å². The normalized spacial score (nSPS) is 10.6. The highest BCUT2D eigenvalue weighted by atomic mass is 16.5. The van der Waals surface area contributed by atoms with Gasteiger partial charge in [0.2, 0.25) is 0 Å². The number of amides is 1. The molecule has 0 saturated heterocycles. The van der Waals surface area contributed by atoms with Crippen LogP contribution in [0, 0.1) is 0 Å². The molecule has 0 bridgehead atoms. The van der Waals surface area contributed by atoms with E-state index in [1.165, 1.54) is 0 Å². The quantitative estimate of drug-likeness (QED) is 0.596. The van der Waals surface area contributed by atoms with Crippen LogP contribution < -0.4 is 5.32 Å². The van der Waals surface area contributed by atoms with E-state index in [1.54, 1.807) is 37.1 Å². The zero-order valence-corrected chi connectivity index (χ0v) is 13.6. The summed E-state index contributed by atoms with van der Waals surface area (Å²) in [5, 5.41) is 6.63. The fraction of sp³-hybridized carbons (Fsp3) is 0.0526. The number of nitrogens with zero attached hydrogens (tertiary/aromatic N) is 3. The Hall–Kier alpha value is -3.74. The van der Waals surface area contributed by atoms with Crippen molar-refractivity contribution in [2.24, 2.45) is 0 Å². The van der Waals surface area contributed by atoms with Gasteiger partial charge in [0.05, 0.1) is 30.5 Å². The van der Waals surface area contributed by atoms with Crippen LogP contribution >= 0.6 is 0 Å². The van der Waals surface area contributed by atoms with E-state index in [4.69, 9.17) is 8.94 Å².